The van der Waals surface area contributed by atoms with Gasteiger partial charge in [-0.1, -0.05) is 0 Å². The molecule has 1 atom stereocenters. The second-order valence-corrected chi connectivity index (χ2v) is 6.69. The van der Waals surface area contributed by atoms with E-state index in [1.54, 1.807) is 0 Å². The van der Waals surface area contributed by atoms with Crippen LogP contribution < -0.4 is 5.32 Å². The highest BCUT2D eigenvalue weighted by atomic mass is 32.1. The molecule has 4 heteroatoms. The van der Waals surface area contributed by atoms with Crippen LogP contribution in [0.1, 0.15) is 42.3 Å². The van der Waals surface area contributed by atoms with Crippen LogP contribution in [-0.4, -0.2) is 42.6 Å². The first-order valence-corrected chi connectivity index (χ1v) is 8.05. The smallest absolute Gasteiger partial charge is 0.0941 e. The summed E-state index contributed by atoms with van der Waals surface area (Å²) in [4.78, 5) is 7.27. The molecule has 0 spiro atoms. The summed E-state index contributed by atoms with van der Waals surface area (Å²) in [6.07, 6.45) is 6.48. The van der Waals surface area contributed by atoms with Gasteiger partial charge in [0.1, 0.15) is 0 Å². The third-order valence-corrected chi connectivity index (χ3v) is 4.89. The van der Waals surface area contributed by atoms with Crippen LogP contribution in [0.3, 0.4) is 0 Å². The molecule has 18 heavy (non-hydrogen) atoms. The number of thiazole rings is 1. The van der Waals surface area contributed by atoms with Crippen molar-refractivity contribution < 1.29 is 0 Å². The number of likely N-dealkylation sites (tertiary alicyclic amines) is 1. The van der Waals surface area contributed by atoms with Crippen LogP contribution in [0.25, 0.3) is 0 Å². The maximum Gasteiger partial charge on any atom is 0.0941 e. The van der Waals surface area contributed by atoms with Gasteiger partial charge in [-0.15, -0.1) is 11.3 Å². The Labute approximate surface area is 114 Å². The largest absolute Gasteiger partial charge is 0.314 e. The zero-order valence-corrected chi connectivity index (χ0v) is 12.0. The highest BCUT2D eigenvalue weighted by molar-refractivity contribution is 7.09. The minimum atomic E-state index is 0.671. The van der Waals surface area contributed by atoms with Crippen molar-refractivity contribution in [1.29, 1.82) is 0 Å². The van der Waals surface area contributed by atoms with E-state index in [2.05, 4.69) is 22.6 Å². The molecule has 0 radical (unpaired) electrons. The van der Waals surface area contributed by atoms with Crippen molar-refractivity contribution in [2.24, 2.45) is 0 Å². The first-order chi connectivity index (χ1) is 8.81. The SMILES string of the molecule is CN1CCCC(c2csc(CCNC3CC3)n2)C1. The van der Waals surface area contributed by atoms with Gasteiger partial charge in [0.2, 0.25) is 0 Å². The maximum atomic E-state index is 4.84. The van der Waals surface area contributed by atoms with E-state index in [1.807, 2.05) is 11.3 Å². The number of piperidine rings is 1. The van der Waals surface area contributed by atoms with E-state index in [0.29, 0.717) is 5.92 Å². The predicted octanol–water partition coefficient (Wildman–Crippen LogP) is 2.25. The molecule has 1 saturated heterocycles. The Hall–Kier alpha value is -0.450. The molecule has 0 amide bonds. The molecular weight excluding hydrogens is 242 g/mol. The van der Waals surface area contributed by atoms with E-state index >= 15 is 0 Å². The van der Waals surface area contributed by atoms with Gasteiger partial charge in [0.25, 0.3) is 0 Å². The van der Waals surface area contributed by atoms with Gasteiger partial charge in [-0.25, -0.2) is 4.98 Å². The highest BCUT2D eigenvalue weighted by Crippen LogP contribution is 2.27. The van der Waals surface area contributed by atoms with Gasteiger partial charge in [0.15, 0.2) is 0 Å². The predicted molar refractivity (Wildman–Crippen MR) is 76.3 cm³/mol. The normalized spacial score (nSPS) is 25.5. The van der Waals surface area contributed by atoms with Gasteiger partial charge in [0.05, 0.1) is 10.7 Å². The third kappa shape index (κ3) is 3.31. The van der Waals surface area contributed by atoms with Gasteiger partial charge >= 0.3 is 0 Å². The quantitative estimate of drug-likeness (QED) is 0.885. The lowest BCUT2D eigenvalue weighted by Crippen LogP contribution is -2.30. The second kappa shape index (κ2) is 5.68. The number of rotatable bonds is 5. The molecule has 1 aromatic rings. The molecule has 100 valence electrons. The molecule has 0 bridgehead atoms. The van der Waals surface area contributed by atoms with Crippen molar-refractivity contribution in [2.75, 3.05) is 26.7 Å². The van der Waals surface area contributed by atoms with Crippen molar-refractivity contribution in [1.82, 2.24) is 15.2 Å². The number of nitrogens with one attached hydrogen (secondary N) is 1. The molecule has 3 rings (SSSR count). The summed E-state index contributed by atoms with van der Waals surface area (Å²) >= 11 is 1.85. The number of nitrogens with zero attached hydrogens (tertiary/aromatic N) is 2. The van der Waals surface area contributed by atoms with Crippen LogP contribution in [0, 0.1) is 0 Å². The Morgan fingerprint density at radius 1 is 1.44 bits per heavy atom. The van der Waals surface area contributed by atoms with Gasteiger partial charge < -0.3 is 10.2 Å². The molecule has 1 unspecified atom stereocenters. The summed E-state index contributed by atoms with van der Waals surface area (Å²) in [5, 5.41) is 7.16. The van der Waals surface area contributed by atoms with Gasteiger partial charge in [-0.2, -0.15) is 0 Å². The fraction of sp³-hybridized carbons (Fsp3) is 0.786. The summed E-state index contributed by atoms with van der Waals surface area (Å²) in [7, 11) is 2.22. The number of aromatic nitrogens is 1. The lowest BCUT2D eigenvalue weighted by atomic mass is 9.96. The summed E-state index contributed by atoms with van der Waals surface area (Å²) in [6.45, 7) is 3.53. The fourth-order valence-corrected chi connectivity index (χ4v) is 3.59. The Bertz CT molecular complexity index is 386. The standard InChI is InChI=1S/C14H23N3S/c1-17-8-2-3-11(9-17)13-10-18-14(16-13)6-7-15-12-4-5-12/h10-12,15H,2-9H2,1H3. The minimum absolute atomic E-state index is 0.671. The first-order valence-electron chi connectivity index (χ1n) is 7.17. The van der Waals surface area contributed by atoms with Crippen LogP contribution in [0.5, 0.6) is 0 Å². The molecule has 0 aromatic carbocycles. The maximum absolute atomic E-state index is 4.84. The lowest BCUT2D eigenvalue weighted by molar-refractivity contribution is 0.249. The zero-order valence-electron chi connectivity index (χ0n) is 11.2. The third-order valence-electron chi connectivity index (χ3n) is 3.96. The molecule has 3 nitrogen and oxygen atoms in total. The summed E-state index contributed by atoms with van der Waals surface area (Å²) < 4.78 is 0. The Kier molecular flexibility index (Phi) is 3.97. The topological polar surface area (TPSA) is 28.2 Å². The molecule has 1 aliphatic carbocycles. The van der Waals surface area contributed by atoms with Gasteiger partial charge in [0, 0.05) is 36.9 Å². The highest BCUT2D eigenvalue weighted by Gasteiger charge is 2.22. The van der Waals surface area contributed by atoms with Crippen molar-refractivity contribution in [2.45, 2.75) is 44.1 Å². The van der Waals surface area contributed by atoms with Crippen LogP contribution in [-0.2, 0) is 6.42 Å². The zero-order chi connectivity index (χ0) is 12.4. The number of hydrogen-bond donors (Lipinski definition) is 1. The monoisotopic (exact) mass is 265 g/mol. The molecule has 2 fully saturated rings. The van der Waals surface area contributed by atoms with E-state index < -0.39 is 0 Å². The van der Waals surface area contributed by atoms with Crippen LogP contribution in [0.2, 0.25) is 0 Å². The van der Waals surface area contributed by atoms with Gasteiger partial charge in [-0.05, 0) is 39.3 Å². The summed E-state index contributed by atoms with van der Waals surface area (Å²) in [6, 6.07) is 0.816. The Morgan fingerprint density at radius 3 is 3.11 bits per heavy atom. The summed E-state index contributed by atoms with van der Waals surface area (Å²) in [5.74, 6) is 0.671. The van der Waals surface area contributed by atoms with E-state index in [-0.39, 0.29) is 0 Å². The average molecular weight is 265 g/mol. The van der Waals surface area contributed by atoms with E-state index in [0.717, 1.165) is 19.0 Å². The average Bonchev–Trinajstić information content (AvgIpc) is 3.06. The molecule has 2 heterocycles. The molecule has 1 saturated carbocycles. The molecule has 1 aliphatic heterocycles. The molecule has 1 aromatic heterocycles. The Morgan fingerprint density at radius 2 is 2.33 bits per heavy atom. The number of hydrogen-bond acceptors (Lipinski definition) is 4. The fourth-order valence-electron chi connectivity index (χ4n) is 2.71. The van der Waals surface area contributed by atoms with E-state index in [9.17, 15) is 0 Å². The molecular formula is C14H23N3S. The van der Waals surface area contributed by atoms with Crippen LogP contribution >= 0.6 is 11.3 Å². The van der Waals surface area contributed by atoms with Crippen LogP contribution in [0.15, 0.2) is 5.38 Å². The lowest BCUT2D eigenvalue weighted by Gasteiger charge is -2.28. The molecule has 2 aliphatic rings. The second-order valence-electron chi connectivity index (χ2n) is 5.75. The van der Waals surface area contributed by atoms with Crippen molar-refractivity contribution in [3.05, 3.63) is 16.1 Å². The van der Waals surface area contributed by atoms with Crippen LogP contribution in [0.4, 0.5) is 0 Å². The first kappa shape index (κ1) is 12.6. The van der Waals surface area contributed by atoms with Crippen molar-refractivity contribution >= 4 is 11.3 Å². The number of likely N-dealkylation sites (N-methyl/N-ethyl adjacent to an activating group) is 1. The van der Waals surface area contributed by atoms with Crippen molar-refractivity contribution in [3.8, 4) is 0 Å². The van der Waals surface area contributed by atoms with E-state index in [1.165, 1.54) is 49.5 Å². The Balaban J connectivity index is 1.51. The van der Waals surface area contributed by atoms with Crippen molar-refractivity contribution in [3.63, 3.8) is 0 Å². The summed E-state index contributed by atoms with van der Waals surface area (Å²) in [5.41, 5.74) is 1.34. The molecule has 1 N–H and O–H groups in total. The van der Waals surface area contributed by atoms with Gasteiger partial charge in [-0.3, -0.25) is 0 Å². The minimum Gasteiger partial charge on any atom is -0.314 e. The van der Waals surface area contributed by atoms with E-state index in [4.69, 9.17) is 4.98 Å².